The number of aromatic nitrogens is 2. The number of ether oxygens (including phenoxy) is 1. The number of aromatic carboxylic acids is 1. The molecule has 24 heavy (non-hydrogen) atoms. The Balaban J connectivity index is 2.08. The molecule has 0 saturated carbocycles. The van der Waals surface area contributed by atoms with Gasteiger partial charge in [-0.2, -0.15) is 0 Å². The fraction of sp³-hybridized carbons (Fsp3) is 0.125. The van der Waals surface area contributed by atoms with E-state index in [-0.39, 0.29) is 17.0 Å². The molecule has 3 aromatic rings. The normalized spacial score (nSPS) is 10.7. The van der Waals surface area contributed by atoms with Gasteiger partial charge in [-0.05, 0) is 31.2 Å². The van der Waals surface area contributed by atoms with Crippen LogP contribution in [0, 0.1) is 10.1 Å². The Bertz CT molecular complexity index is 948. The standard InChI is InChI=1S/C16H13N3O5/c1-2-24-14-5-3-10(7-13(14)19(22)23)12-9-18-8-11(16(20)21)4-6-15(18)17-12/h3-9H,2H2,1H3,(H,20,21). The summed E-state index contributed by atoms with van der Waals surface area (Å²) in [6, 6.07) is 7.64. The molecule has 3 rings (SSSR count). The summed E-state index contributed by atoms with van der Waals surface area (Å²) in [6.45, 7) is 2.08. The Morgan fingerprint density at radius 1 is 1.33 bits per heavy atom. The number of nitrogens with zero attached hydrogens (tertiary/aromatic N) is 3. The van der Waals surface area contributed by atoms with Gasteiger partial charge >= 0.3 is 11.7 Å². The Labute approximate surface area is 136 Å². The Morgan fingerprint density at radius 2 is 2.12 bits per heavy atom. The smallest absolute Gasteiger partial charge is 0.337 e. The largest absolute Gasteiger partial charge is 0.487 e. The zero-order valence-corrected chi connectivity index (χ0v) is 12.7. The lowest BCUT2D eigenvalue weighted by atomic mass is 10.1. The van der Waals surface area contributed by atoms with Gasteiger partial charge in [-0.1, -0.05) is 0 Å². The fourth-order valence-corrected chi connectivity index (χ4v) is 2.35. The maximum atomic E-state index is 11.2. The number of benzene rings is 1. The maximum Gasteiger partial charge on any atom is 0.337 e. The minimum atomic E-state index is -1.04. The topological polar surface area (TPSA) is 107 Å². The molecular weight excluding hydrogens is 314 g/mol. The minimum absolute atomic E-state index is 0.129. The number of nitro benzene ring substituents is 1. The first-order valence-corrected chi connectivity index (χ1v) is 7.13. The minimum Gasteiger partial charge on any atom is -0.487 e. The van der Waals surface area contributed by atoms with Crippen LogP contribution in [0.2, 0.25) is 0 Å². The van der Waals surface area contributed by atoms with Crippen molar-refractivity contribution in [1.82, 2.24) is 9.38 Å². The van der Waals surface area contributed by atoms with Crippen LogP contribution in [0.4, 0.5) is 5.69 Å². The summed E-state index contributed by atoms with van der Waals surface area (Å²) in [5, 5.41) is 20.2. The zero-order valence-electron chi connectivity index (χ0n) is 12.7. The predicted molar refractivity (Wildman–Crippen MR) is 85.4 cm³/mol. The van der Waals surface area contributed by atoms with Gasteiger partial charge in [-0.15, -0.1) is 0 Å². The molecule has 0 atom stereocenters. The van der Waals surface area contributed by atoms with Crippen molar-refractivity contribution in [1.29, 1.82) is 0 Å². The number of carboxylic acids is 1. The van der Waals surface area contributed by atoms with Crippen molar-refractivity contribution in [3.8, 4) is 17.0 Å². The molecule has 8 nitrogen and oxygen atoms in total. The highest BCUT2D eigenvalue weighted by atomic mass is 16.6. The highest BCUT2D eigenvalue weighted by molar-refractivity contribution is 5.87. The second-order valence-electron chi connectivity index (χ2n) is 4.99. The third kappa shape index (κ3) is 2.76. The second kappa shape index (κ2) is 5.99. The molecule has 0 aliphatic carbocycles. The van der Waals surface area contributed by atoms with Crippen LogP contribution in [0.3, 0.4) is 0 Å². The van der Waals surface area contributed by atoms with Gasteiger partial charge in [0.2, 0.25) is 0 Å². The van der Waals surface area contributed by atoms with Gasteiger partial charge in [0.1, 0.15) is 5.65 Å². The second-order valence-corrected chi connectivity index (χ2v) is 4.99. The first-order valence-electron chi connectivity index (χ1n) is 7.13. The van der Waals surface area contributed by atoms with Crippen molar-refractivity contribution < 1.29 is 19.6 Å². The van der Waals surface area contributed by atoms with Crippen molar-refractivity contribution in [3.63, 3.8) is 0 Å². The summed E-state index contributed by atoms with van der Waals surface area (Å²) >= 11 is 0. The Kier molecular flexibility index (Phi) is 3.87. The first kappa shape index (κ1) is 15.5. The highest BCUT2D eigenvalue weighted by Crippen LogP contribution is 2.32. The van der Waals surface area contributed by atoms with Gasteiger partial charge in [0.25, 0.3) is 0 Å². The Morgan fingerprint density at radius 3 is 2.79 bits per heavy atom. The lowest BCUT2D eigenvalue weighted by molar-refractivity contribution is -0.385. The molecule has 8 heteroatoms. The van der Waals surface area contributed by atoms with Crippen LogP contribution in [0.25, 0.3) is 16.9 Å². The van der Waals surface area contributed by atoms with Crippen LogP contribution >= 0.6 is 0 Å². The number of imidazole rings is 1. The monoisotopic (exact) mass is 327 g/mol. The van der Waals surface area contributed by atoms with Gasteiger partial charge in [0.05, 0.1) is 22.8 Å². The summed E-state index contributed by atoms with van der Waals surface area (Å²) < 4.78 is 6.83. The molecule has 122 valence electrons. The van der Waals surface area contributed by atoms with Crippen molar-refractivity contribution in [2.45, 2.75) is 6.92 Å². The number of rotatable bonds is 5. The van der Waals surface area contributed by atoms with E-state index in [0.717, 1.165) is 0 Å². The van der Waals surface area contributed by atoms with E-state index in [1.807, 2.05) is 0 Å². The number of carbonyl (C=O) groups is 1. The quantitative estimate of drug-likeness (QED) is 0.570. The van der Waals surface area contributed by atoms with Crippen LogP contribution < -0.4 is 4.74 Å². The van der Waals surface area contributed by atoms with Gasteiger partial charge in [0, 0.05) is 24.0 Å². The van der Waals surface area contributed by atoms with E-state index in [2.05, 4.69) is 4.98 Å². The molecule has 0 radical (unpaired) electrons. The molecule has 1 aromatic carbocycles. The number of fused-ring (bicyclic) bond motifs is 1. The van der Waals surface area contributed by atoms with Crippen LogP contribution in [0.1, 0.15) is 17.3 Å². The van der Waals surface area contributed by atoms with Gasteiger partial charge < -0.3 is 14.2 Å². The number of hydrogen-bond donors (Lipinski definition) is 1. The van der Waals surface area contributed by atoms with E-state index in [0.29, 0.717) is 23.5 Å². The van der Waals surface area contributed by atoms with Crippen molar-refractivity contribution in [3.05, 3.63) is 58.4 Å². The van der Waals surface area contributed by atoms with E-state index in [1.54, 1.807) is 29.7 Å². The summed E-state index contributed by atoms with van der Waals surface area (Å²) in [5.74, 6) is -0.841. The van der Waals surface area contributed by atoms with Crippen LogP contribution in [-0.2, 0) is 0 Å². The average molecular weight is 327 g/mol. The van der Waals surface area contributed by atoms with E-state index in [1.165, 1.54) is 24.4 Å². The van der Waals surface area contributed by atoms with Crippen LogP contribution in [-0.4, -0.2) is 32.0 Å². The van der Waals surface area contributed by atoms with E-state index in [9.17, 15) is 14.9 Å². The first-order chi connectivity index (χ1) is 11.5. The number of nitro groups is 1. The average Bonchev–Trinajstić information content (AvgIpc) is 2.98. The van der Waals surface area contributed by atoms with Crippen LogP contribution in [0.15, 0.2) is 42.7 Å². The molecule has 0 saturated heterocycles. The SMILES string of the molecule is CCOc1ccc(-c2cn3cc(C(=O)O)ccc3n2)cc1[N+](=O)[O-]. The summed E-state index contributed by atoms with van der Waals surface area (Å²) in [5.41, 5.74) is 1.59. The molecule has 1 N–H and O–H groups in total. The van der Waals surface area contributed by atoms with Gasteiger partial charge in [0.15, 0.2) is 5.75 Å². The van der Waals surface area contributed by atoms with E-state index >= 15 is 0 Å². The molecule has 0 aliphatic heterocycles. The number of pyridine rings is 1. The fourth-order valence-electron chi connectivity index (χ4n) is 2.35. The Hall–Kier alpha value is -3.42. The summed E-state index contributed by atoms with van der Waals surface area (Å²) in [4.78, 5) is 26.1. The molecule has 2 aromatic heterocycles. The van der Waals surface area contributed by atoms with Gasteiger partial charge in [-0.3, -0.25) is 10.1 Å². The third-order valence-electron chi connectivity index (χ3n) is 3.45. The number of hydrogen-bond acceptors (Lipinski definition) is 5. The molecular formula is C16H13N3O5. The zero-order chi connectivity index (χ0) is 17.3. The van der Waals surface area contributed by atoms with Crippen molar-refractivity contribution in [2.24, 2.45) is 0 Å². The van der Waals surface area contributed by atoms with Crippen molar-refractivity contribution in [2.75, 3.05) is 6.61 Å². The molecule has 0 bridgehead atoms. The van der Waals surface area contributed by atoms with Crippen LogP contribution in [0.5, 0.6) is 5.75 Å². The highest BCUT2D eigenvalue weighted by Gasteiger charge is 2.17. The maximum absolute atomic E-state index is 11.2. The molecule has 0 unspecified atom stereocenters. The molecule has 0 fully saturated rings. The molecule has 0 spiro atoms. The lowest BCUT2D eigenvalue weighted by Gasteiger charge is -2.05. The third-order valence-corrected chi connectivity index (χ3v) is 3.45. The molecule has 2 heterocycles. The van der Waals surface area contributed by atoms with Gasteiger partial charge in [-0.25, -0.2) is 9.78 Å². The number of carboxylic acid groups (broad SMARTS) is 1. The van der Waals surface area contributed by atoms with E-state index in [4.69, 9.17) is 9.84 Å². The molecule has 0 aliphatic rings. The van der Waals surface area contributed by atoms with E-state index < -0.39 is 10.9 Å². The lowest BCUT2D eigenvalue weighted by Crippen LogP contribution is -1.97. The van der Waals surface area contributed by atoms with Crippen molar-refractivity contribution >= 4 is 17.3 Å². The predicted octanol–water partition coefficient (Wildman–Crippen LogP) is 3.01. The summed E-state index contributed by atoms with van der Waals surface area (Å²) in [7, 11) is 0. The summed E-state index contributed by atoms with van der Waals surface area (Å²) in [6.07, 6.45) is 3.07. The molecule has 0 amide bonds.